The molecule has 2 aliphatic rings. The topological polar surface area (TPSA) is 52.6 Å². The third-order valence-electron chi connectivity index (χ3n) is 4.57. The number of nitrogens with one attached hydrogen (secondary N) is 1. The zero-order chi connectivity index (χ0) is 15.2. The Morgan fingerprint density at radius 3 is 2.67 bits per heavy atom. The van der Waals surface area contributed by atoms with Crippen molar-refractivity contribution in [2.45, 2.75) is 51.0 Å². The molecule has 1 heterocycles. The number of hydrogen-bond acceptors (Lipinski definition) is 3. The van der Waals surface area contributed by atoms with Gasteiger partial charge in [0.15, 0.2) is 0 Å². The molecule has 2 rings (SSSR count). The average Bonchev–Trinajstić information content (AvgIpc) is 2.81. The van der Waals surface area contributed by atoms with Crippen LogP contribution in [0.15, 0.2) is 0 Å². The second kappa shape index (κ2) is 7.78. The molecule has 0 spiro atoms. The summed E-state index contributed by atoms with van der Waals surface area (Å²) in [6.07, 6.45) is 7.26. The smallest absolute Gasteiger partial charge is 0.225 e. The lowest BCUT2D eigenvalue weighted by Crippen LogP contribution is -2.40. The maximum atomic E-state index is 12.3. The molecule has 21 heavy (non-hydrogen) atoms. The third kappa shape index (κ3) is 4.99. The van der Waals surface area contributed by atoms with Gasteiger partial charge in [-0.1, -0.05) is 19.3 Å². The van der Waals surface area contributed by atoms with Gasteiger partial charge >= 0.3 is 0 Å². The van der Waals surface area contributed by atoms with Crippen LogP contribution in [0, 0.1) is 5.92 Å². The van der Waals surface area contributed by atoms with E-state index in [1.807, 2.05) is 19.0 Å². The molecular formula is C16H29N3O2. The zero-order valence-corrected chi connectivity index (χ0v) is 13.4. The maximum Gasteiger partial charge on any atom is 0.225 e. The van der Waals surface area contributed by atoms with Gasteiger partial charge in [0.2, 0.25) is 11.8 Å². The minimum atomic E-state index is -0.140. The second-order valence-electron chi connectivity index (χ2n) is 6.74. The maximum absolute atomic E-state index is 12.3. The highest BCUT2D eigenvalue weighted by atomic mass is 16.2. The van der Waals surface area contributed by atoms with Crippen molar-refractivity contribution in [2.75, 3.05) is 33.7 Å². The summed E-state index contributed by atoms with van der Waals surface area (Å²) in [5.74, 6) is 0.0849. The zero-order valence-electron chi connectivity index (χ0n) is 13.4. The molecule has 1 aliphatic carbocycles. The van der Waals surface area contributed by atoms with E-state index in [1.165, 1.54) is 19.3 Å². The molecule has 1 aliphatic heterocycles. The number of likely N-dealkylation sites (tertiary alicyclic amines) is 1. The molecular weight excluding hydrogens is 266 g/mol. The summed E-state index contributed by atoms with van der Waals surface area (Å²) < 4.78 is 0. The summed E-state index contributed by atoms with van der Waals surface area (Å²) in [7, 11) is 4.07. The van der Waals surface area contributed by atoms with Crippen molar-refractivity contribution in [3.05, 3.63) is 0 Å². The Kier molecular flexibility index (Phi) is 6.03. The predicted octanol–water partition coefficient (Wildman–Crippen LogP) is 1.24. The molecule has 0 radical (unpaired) electrons. The Morgan fingerprint density at radius 2 is 2.00 bits per heavy atom. The van der Waals surface area contributed by atoms with Crippen molar-refractivity contribution in [2.24, 2.45) is 5.92 Å². The van der Waals surface area contributed by atoms with E-state index in [-0.39, 0.29) is 17.7 Å². The normalized spacial score (nSPS) is 23.9. The van der Waals surface area contributed by atoms with Crippen LogP contribution in [0.2, 0.25) is 0 Å². The first-order chi connectivity index (χ1) is 10.1. The van der Waals surface area contributed by atoms with Crippen LogP contribution in [0.3, 0.4) is 0 Å². The number of amides is 2. The highest BCUT2D eigenvalue weighted by Gasteiger charge is 2.34. The molecule has 1 saturated carbocycles. The summed E-state index contributed by atoms with van der Waals surface area (Å²) in [5, 5.41) is 3.15. The highest BCUT2D eigenvalue weighted by Crippen LogP contribution is 2.21. The van der Waals surface area contributed by atoms with Gasteiger partial charge in [-0.2, -0.15) is 0 Å². The Morgan fingerprint density at radius 1 is 1.29 bits per heavy atom. The lowest BCUT2D eigenvalue weighted by Gasteiger charge is -2.24. The first-order valence-electron chi connectivity index (χ1n) is 8.29. The van der Waals surface area contributed by atoms with Crippen LogP contribution in [0.4, 0.5) is 0 Å². The van der Waals surface area contributed by atoms with Gasteiger partial charge in [0.1, 0.15) is 0 Å². The molecule has 0 aromatic carbocycles. The van der Waals surface area contributed by atoms with Crippen molar-refractivity contribution in [3.63, 3.8) is 0 Å². The van der Waals surface area contributed by atoms with E-state index in [9.17, 15) is 9.59 Å². The van der Waals surface area contributed by atoms with Crippen LogP contribution < -0.4 is 5.32 Å². The molecule has 2 fully saturated rings. The molecule has 5 nitrogen and oxygen atoms in total. The van der Waals surface area contributed by atoms with Crippen molar-refractivity contribution < 1.29 is 9.59 Å². The van der Waals surface area contributed by atoms with Gasteiger partial charge in [0.25, 0.3) is 0 Å². The monoisotopic (exact) mass is 295 g/mol. The number of carbonyl (C=O) groups is 2. The van der Waals surface area contributed by atoms with E-state index in [0.29, 0.717) is 19.0 Å². The SMILES string of the molecule is CN(C)CCCN1CC(C(=O)NC2CCCCC2)CC1=O. The van der Waals surface area contributed by atoms with E-state index >= 15 is 0 Å². The molecule has 120 valence electrons. The quantitative estimate of drug-likeness (QED) is 0.802. The fourth-order valence-electron chi connectivity index (χ4n) is 3.31. The van der Waals surface area contributed by atoms with Crippen LogP contribution >= 0.6 is 0 Å². The van der Waals surface area contributed by atoms with Gasteiger partial charge in [-0.25, -0.2) is 0 Å². The van der Waals surface area contributed by atoms with Crippen LogP contribution in [0.5, 0.6) is 0 Å². The van der Waals surface area contributed by atoms with E-state index in [0.717, 1.165) is 32.4 Å². The number of carbonyl (C=O) groups excluding carboxylic acids is 2. The van der Waals surface area contributed by atoms with Crippen molar-refractivity contribution in [1.82, 2.24) is 15.1 Å². The van der Waals surface area contributed by atoms with Crippen molar-refractivity contribution in [3.8, 4) is 0 Å². The molecule has 1 atom stereocenters. The summed E-state index contributed by atoms with van der Waals surface area (Å²) in [6.45, 7) is 2.34. The van der Waals surface area contributed by atoms with E-state index < -0.39 is 0 Å². The number of rotatable bonds is 6. The Hall–Kier alpha value is -1.10. The average molecular weight is 295 g/mol. The Labute approximate surface area is 128 Å². The molecule has 0 aromatic rings. The number of hydrogen-bond donors (Lipinski definition) is 1. The fourth-order valence-corrected chi connectivity index (χ4v) is 3.31. The van der Waals surface area contributed by atoms with Crippen LogP contribution in [0.1, 0.15) is 44.9 Å². The summed E-state index contributed by atoms with van der Waals surface area (Å²) in [6, 6.07) is 0.337. The summed E-state index contributed by atoms with van der Waals surface area (Å²) in [4.78, 5) is 28.3. The van der Waals surface area contributed by atoms with Crippen LogP contribution in [-0.2, 0) is 9.59 Å². The van der Waals surface area contributed by atoms with Crippen LogP contribution in [-0.4, -0.2) is 61.4 Å². The Bertz CT molecular complexity index is 365. The first-order valence-corrected chi connectivity index (χ1v) is 8.29. The minimum absolute atomic E-state index is 0.0883. The van der Waals surface area contributed by atoms with Gasteiger partial charge in [-0.3, -0.25) is 9.59 Å². The molecule has 5 heteroatoms. The van der Waals surface area contributed by atoms with E-state index in [2.05, 4.69) is 10.2 Å². The Balaban J connectivity index is 1.74. The third-order valence-corrected chi connectivity index (χ3v) is 4.57. The largest absolute Gasteiger partial charge is 0.353 e. The second-order valence-corrected chi connectivity index (χ2v) is 6.74. The fraction of sp³-hybridized carbons (Fsp3) is 0.875. The molecule has 1 unspecified atom stereocenters. The summed E-state index contributed by atoms with van der Waals surface area (Å²) >= 11 is 0. The van der Waals surface area contributed by atoms with Crippen molar-refractivity contribution in [1.29, 1.82) is 0 Å². The molecule has 0 aromatic heterocycles. The molecule has 1 saturated heterocycles. The summed E-state index contributed by atoms with van der Waals surface area (Å²) in [5.41, 5.74) is 0. The van der Waals surface area contributed by atoms with Gasteiger partial charge in [-0.15, -0.1) is 0 Å². The van der Waals surface area contributed by atoms with Crippen LogP contribution in [0.25, 0.3) is 0 Å². The number of nitrogens with zero attached hydrogens (tertiary/aromatic N) is 2. The van der Waals surface area contributed by atoms with Gasteiger partial charge in [0.05, 0.1) is 5.92 Å². The highest BCUT2D eigenvalue weighted by molar-refractivity contribution is 5.89. The van der Waals surface area contributed by atoms with Crippen molar-refractivity contribution >= 4 is 11.8 Å². The first kappa shape index (κ1) is 16.3. The molecule has 2 amide bonds. The van der Waals surface area contributed by atoms with Gasteiger partial charge in [-0.05, 0) is 39.9 Å². The minimum Gasteiger partial charge on any atom is -0.353 e. The lowest BCUT2D eigenvalue weighted by atomic mass is 9.95. The van der Waals surface area contributed by atoms with E-state index in [1.54, 1.807) is 0 Å². The van der Waals surface area contributed by atoms with Gasteiger partial charge < -0.3 is 15.1 Å². The lowest BCUT2D eigenvalue weighted by molar-refractivity contribution is -0.129. The van der Waals surface area contributed by atoms with E-state index in [4.69, 9.17) is 0 Å². The standard InChI is InChI=1S/C16H29N3O2/c1-18(2)9-6-10-19-12-13(11-15(19)20)16(21)17-14-7-4-3-5-8-14/h13-14H,3-12H2,1-2H3,(H,17,21). The van der Waals surface area contributed by atoms with Gasteiger partial charge in [0, 0.05) is 25.6 Å². The molecule has 1 N–H and O–H groups in total. The predicted molar refractivity (Wildman–Crippen MR) is 82.9 cm³/mol. The molecule has 0 bridgehead atoms.